The largest absolute Gasteiger partial charge is 0.366 e. The van der Waals surface area contributed by atoms with E-state index in [9.17, 15) is 4.79 Å². The molecule has 0 unspecified atom stereocenters. The van der Waals surface area contributed by atoms with Gasteiger partial charge in [-0.25, -0.2) is 0 Å². The number of hydrogen-bond donors (Lipinski definition) is 0. The molecule has 0 bridgehead atoms. The Labute approximate surface area is 119 Å². The van der Waals surface area contributed by atoms with E-state index >= 15 is 0 Å². The van der Waals surface area contributed by atoms with Crippen molar-refractivity contribution in [3.05, 3.63) is 65.2 Å². The van der Waals surface area contributed by atoms with E-state index in [0.29, 0.717) is 5.56 Å². The van der Waals surface area contributed by atoms with Crippen LogP contribution in [0.1, 0.15) is 21.5 Å². The SMILES string of the molecule is Cc1ccccc1C(=O)CN(C)c1ccccc1C#N. The number of rotatable bonds is 4. The maximum Gasteiger partial charge on any atom is 0.182 e. The topological polar surface area (TPSA) is 44.1 Å². The zero-order valence-electron chi connectivity index (χ0n) is 11.6. The summed E-state index contributed by atoms with van der Waals surface area (Å²) in [4.78, 5) is 14.1. The summed E-state index contributed by atoms with van der Waals surface area (Å²) in [5.74, 6) is 0.0540. The van der Waals surface area contributed by atoms with E-state index in [0.717, 1.165) is 16.8 Å². The Morgan fingerprint density at radius 2 is 1.80 bits per heavy atom. The van der Waals surface area contributed by atoms with Gasteiger partial charge in [0.2, 0.25) is 0 Å². The van der Waals surface area contributed by atoms with Crippen molar-refractivity contribution in [2.45, 2.75) is 6.92 Å². The van der Waals surface area contributed by atoms with Crippen LogP contribution in [0.2, 0.25) is 0 Å². The average Bonchev–Trinajstić information content (AvgIpc) is 2.47. The van der Waals surface area contributed by atoms with Crippen LogP contribution in [-0.2, 0) is 0 Å². The number of aryl methyl sites for hydroxylation is 1. The summed E-state index contributed by atoms with van der Waals surface area (Å²) in [6.07, 6.45) is 0. The van der Waals surface area contributed by atoms with Gasteiger partial charge in [0.25, 0.3) is 0 Å². The first-order valence-electron chi connectivity index (χ1n) is 6.42. The van der Waals surface area contributed by atoms with Gasteiger partial charge < -0.3 is 4.90 Å². The van der Waals surface area contributed by atoms with Gasteiger partial charge in [-0.3, -0.25) is 4.79 Å². The molecule has 0 saturated carbocycles. The van der Waals surface area contributed by atoms with Crippen LogP contribution in [0, 0.1) is 18.3 Å². The summed E-state index contributed by atoms with van der Waals surface area (Å²) < 4.78 is 0. The highest BCUT2D eigenvalue weighted by Gasteiger charge is 2.13. The maximum absolute atomic E-state index is 12.3. The van der Waals surface area contributed by atoms with Crippen LogP contribution in [0.15, 0.2) is 48.5 Å². The molecule has 0 aromatic heterocycles. The first-order chi connectivity index (χ1) is 9.63. The third-order valence-electron chi connectivity index (χ3n) is 3.26. The molecule has 20 heavy (non-hydrogen) atoms. The number of Topliss-reactive ketones (excluding diaryl/α,β-unsaturated/α-hetero) is 1. The number of carbonyl (C=O) groups is 1. The first kappa shape index (κ1) is 13.8. The number of hydrogen-bond acceptors (Lipinski definition) is 3. The quantitative estimate of drug-likeness (QED) is 0.797. The third kappa shape index (κ3) is 2.86. The highest BCUT2D eigenvalue weighted by atomic mass is 16.1. The maximum atomic E-state index is 12.3. The highest BCUT2D eigenvalue weighted by Crippen LogP contribution is 2.19. The fourth-order valence-corrected chi connectivity index (χ4v) is 2.17. The molecule has 0 amide bonds. The van der Waals surface area contributed by atoms with Crippen molar-refractivity contribution >= 4 is 11.5 Å². The van der Waals surface area contributed by atoms with Crippen LogP contribution in [0.4, 0.5) is 5.69 Å². The summed E-state index contributed by atoms with van der Waals surface area (Å²) >= 11 is 0. The third-order valence-corrected chi connectivity index (χ3v) is 3.26. The monoisotopic (exact) mass is 264 g/mol. The molecule has 0 aliphatic carbocycles. The van der Waals surface area contributed by atoms with E-state index in [4.69, 9.17) is 5.26 Å². The molecule has 0 heterocycles. The van der Waals surface area contributed by atoms with E-state index in [-0.39, 0.29) is 12.3 Å². The molecule has 0 radical (unpaired) electrons. The van der Waals surface area contributed by atoms with Crippen molar-refractivity contribution in [3.63, 3.8) is 0 Å². The highest BCUT2D eigenvalue weighted by molar-refractivity contribution is 6.00. The standard InChI is InChI=1S/C17H16N2O/c1-13-7-3-5-9-15(13)17(20)12-19(2)16-10-6-4-8-14(16)11-18/h3-10H,12H2,1-2H3. The molecule has 3 heteroatoms. The molecular formula is C17H16N2O. The zero-order valence-corrected chi connectivity index (χ0v) is 11.6. The van der Waals surface area contributed by atoms with Crippen molar-refractivity contribution in [3.8, 4) is 6.07 Å². The van der Waals surface area contributed by atoms with Gasteiger partial charge in [-0.1, -0.05) is 36.4 Å². The fourth-order valence-electron chi connectivity index (χ4n) is 2.17. The minimum atomic E-state index is 0.0540. The molecule has 0 aliphatic rings. The summed E-state index contributed by atoms with van der Waals surface area (Å²) in [7, 11) is 1.83. The molecule has 0 saturated heterocycles. The summed E-state index contributed by atoms with van der Waals surface area (Å²) in [5, 5.41) is 9.10. The lowest BCUT2D eigenvalue weighted by atomic mass is 10.0. The molecule has 2 rings (SSSR count). The second-order valence-electron chi connectivity index (χ2n) is 4.72. The average molecular weight is 264 g/mol. The Balaban J connectivity index is 2.20. The number of benzene rings is 2. The molecule has 0 aliphatic heterocycles. The molecule has 0 spiro atoms. The minimum Gasteiger partial charge on any atom is -0.366 e. The van der Waals surface area contributed by atoms with E-state index in [2.05, 4.69) is 6.07 Å². The lowest BCUT2D eigenvalue weighted by molar-refractivity contribution is 0.1000. The van der Waals surface area contributed by atoms with Crippen LogP contribution in [0.3, 0.4) is 0 Å². The van der Waals surface area contributed by atoms with Gasteiger partial charge in [0.15, 0.2) is 5.78 Å². The van der Waals surface area contributed by atoms with Gasteiger partial charge in [0, 0.05) is 12.6 Å². The van der Waals surface area contributed by atoms with Crippen molar-refractivity contribution in [1.82, 2.24) is 0 Å². The van der Waals surface area contributed by atoms with Crippen molar-refractivity contribution < 1.29 is 4.79 Å². The lowest BCUT2D eigenvalue weighted by Crippen LogP contribution is -2.26. The van der Waals surface area contributed by atoms with E-state index in [1.807, 2.05) is 61.3 Å². The summed E-state index contributed by atoms with van der Waals surface area (Å²) in [6, 6.07) is 17.0. The van der Waals surface area contributed by atoms with E-state index in [1.54, 1.807) is 6.07 Å². The molecule has 2 aromatic rings. The predicted octanol–water partition coefficient (Wildman–Crippen LogP) is 3.19. The van der Waals surface area contributed by atoms with Gasteiger partial charge in [0.05, 0.1) is 17.8 Å². The van der Waals surface area contributed by atoms with Gasteiger partial charge in [0.1, 0.15) is 6.07 Å². The van der Waals surface area contributed by atoms with Gasteiger partial charge in [-0.05, 0) is 24.6 Å². The number of anilines is 1. The smallest absolute Gasteiger partial charge is 0.182 e. The Hall–Kier alpha value is -2.60. The molecular weight excluding hydrogens is 248 g/mol. The number of para-hydroxylation sites is 1. The van der Waals surface area contributed by atoms with E-state index in [1.165, 1.54) is 0 Å². The van der Waals surface area contributed by atoms with Crippen LogP contribution in [0.25, 0.3) is 0 Å². The van der Waals surface area contributed by atoms with Gasteiger partial charge >= 0.3 is 0 Å². The number of ketones is 1. The Bertz CT molecular complexity index is 671. The molecule has 3 nitrogen and oxygen atoms in total. The van der Waals surface area contributed by atoms with Gasteiger partial charge in [-0.2, -0.15) is 5.26 Å². The first-order valence-corrected chi connectivity index (χ1v) is 6.42. The molecule has 0 fully saturated rings. The molecule has 100 valence electrons. The lowest BCUT2D eigenvalue weighted by Gasteiger charge is -2.20. The molecule has 2 aromatic carbocycles. The van der Waals surface area contributed by atoms with Crippen LogP contribution < -0.4 is 4.90 Å². The van der Waals surface area contributed by atoms with Crippen molar-refractivity contribution in [2.75, 3.05) is 18.5 Å². The second kappa shape index (κ2) is 6.03. The fraction of sp³-hybridized carbons (Fsp3) is 0.176. The van der Waals surface area contributed by atoms with Crippen molar-refractivity contribution in [1.29, 1.82) is 5.26 Å². The van der Waals surface area contributed by atoms with E-state index < -0.39 is 0 Å². The Morgan fingerprint density at radius 3 is 2.50 bits per heavy atom. The number of carbonyl (C=O) groups excluding carboxylic acids is 1. The Kier molecular flexibility index (Phi) is 4.17. The normalized spacial score (nSPS) is 9.85. The number of nitrogens with zero attached hydrogens (tertiary/aromatic N) is 2. The Morgan fingerprint density at radius 1 is 1.15 bits per heavy atom. The second-order valence-corrected chi connectivity index (χ2v) is 4.72. The van der Waals surface area contributed by atoms with Crippen molar-refractivity contribution in [2.24, 2.45) is 0 Å². The predicted molar refractivity (Wildman–Crippen MR) is 79.9 cm³/mol. The van der Waals surface area contributed by atoms with Crippen LogP contribution >= 0.6 is 0 Å². The summed E-state index contributed by atoms with van der Waals surface area (Å²) in [5.41, 5.74) is 3.05. The number of likely N-dealkylation sites (N-methyl/N-ethyl adjacent to an activating group) is 1. The van der Waals surface area contributed by atoms with Crippen LogP contribution in [0.5, 0.6) is 0 Å². The molecule has 0 atom stereocenters. The van der Waals surface area contributed by atoms with Gasteiger partial charge in [-0.15, -0.1) is 0 Å². The minimum absolute atomic E-state index is 0.0540. The van der Waals surface area contributed by atoms with Crippen LogP contribution in [-0.4, -0.2) is 19.4 Å². The zero-order chi connectivity index (χ0) is 14.5. The molecule has 0 N–H and O–H groups in total. The number of nitriles is 1. The summed E-state index contributed by atoms with van der Waals surface area (Å²) in [6.45, 7) is 2.18.